The molecule has 2 fully saturated rings. The third-order valence-corrected chi connectivity index (χ3v) is 10.7. The van der Waals surface area contributed by atoms with Crippen LogP contribution in [0.1, 0.15) is 24.6 Å². The van der Waals surface area contributed by atoms with E-state index in [0.717, 1.165) is 19.3 Å². The van der Waals surface area contributed by atoms with E-state index in [-0.39, 0.29) is 37.5 Å². The summed E-state index contributed by atoms with van der Waals surface area (Å²) in [5.41, 5.74) is 2.73. The van der Waals surface area contributed by atoms with Crippen molar-refractivity contribution in [1.29, 1.82) is 0 Å². The molecular weight excluding hydrogens is 496 g/mol. The van der Waals surface area contributed by atoms with E-state index in [0.29, 0.717) is 22.8 Å². The Morgan fingerprint density at radius 2 is 1.97 bits per heavy atom. The van der Waals surface area contributed by atoms with E-state index >= 15 is 0 Å². The first-order valence-electron chi connectivity index (χ1n) is 11.0. The Balaban J connectivity index is 1.29. The summed E-state index contributed by atoms with van der Waals surface area (Å²) in [4.78, 5) is 28.3. The highest BCUT2D eigenvalue weighted by molar-refractivity contribution is 8.25. The van der Waals surface area contributed by atoms with Crippen LogP contribution in [0.2, 0.25) is 0 Å². The number of sulfone groups is 1. The molecule has 2 amide bonds. The normalized spacial score (nSPS) is 22.4. The van der Waals surface area contributed by atoms with Crippen molar-refractivity contribution in [2.45, 2.75) is 30.7 Å². The number of hydrogen-bond donors (Lipinski definition) is 4. The van der Waals surface area contributed by atoms with Gasteiger partial charge < -0.3 is 4.90 Å². The highest BCUT2D eigenvalue weighted by atomic mass is 32.3. The topological polar surface area (TPSA) is 152 Å². The molecule has 13 heteroatoms. The van der Waals surface area contributed by atoms with Gasteiger partial charge >= 0.3 is 6.03 Å². The number of likely N-dealkylation sites (tertiary alicyclic amines) is 1. The molecule has 4 heterocycles. The molecule has 3 aliphatic rings. The molecule has 0 saturated carbocycles. The fraction of sp³-hybridized carbons (Fsp3) is 0.545. The van der Waals surface area contributed by atoms with Crippen molar-refractivity contribution in [2.75, 3.05) is 37.4 Å². The number of aromatic nitrogens is 1. The Morgan fingerprint density at radius 3 is 2.54 bits per heavy atom. The molecule has 0 aromatic carbocycles. The van der Waals surface area contributed by atoms with Crippen molar-refractivity contribution in [2.24, 2.45) is 5.92 Å². The Kier molecular flexibility index (Phi) is 6.70. The summed E-state index contributed by atoms with van der Waals surface area (Å²) >= 11 is 0. The number of rotatable bonds is 6. The van der Waals surface area contributed by atoms with Gasteiger partial charge in [-0.3, -0.25) is 28.6 Å². The van der Waals surface area contributed by atoms with E-state index in [1.165, 1.54) is 21.9 Å². The van der Waals surface area contributed by atoms with Gasteiger partial charge in [0.2, 0.25) is 0 Å². The van der Waals surface area contributed by atoms with Crippen molar-refractivity contribution < 1.29 is 32.3 Å². The first-order valence-corrected chi connectivity index (χ1v) is 14.7. The van der Waals surface area contributed by atoms with Gasteiger partial charge in [0.15, 0.2) is 14.6 Å². The maximum atomic E-state index is 12.7. The van der Waals surface area contributed by atoms with Crippen LogP contribution >= 0.6 is 10.6 Å². The fourth-order valence-electron chi connectivity index (χ4n) is 4.32. The van der Waals surface area contributed by atoms with Crippen LogP contribution in [-0.4, -0.2) is 97.2 Å². The summed E-state index contributed by atoms with van der Waals surface area (Å²) in [7, 11) is -6.17. The van der Waals surface area contributed by atoms with Gasteiger partial charge in [0.1, 0.15) is 0 Å². The van der Waals surface area contributed by atoms with Gasteiger partial charge in [-0.05, 0) is 31.3 Å². The minimum atomic E-state index is -3.84. The number of fused-ring (bicyclic) bond motifs is 1. The van der Waals surface area contributed by atoms with Gasteiger partial charge in [-0.15, -0.1) is 0 Å². The fourth-order valence-corrected chi connectivity index (χ4v) is 6.72. The predicted molar refractivity (Wildman–Crippen MR) is 130 cm³/mol. The van der Waals surface area contributed by atoms with Gasteiger partial charge in [-0.2, -0.15) is 10.6 Å². The molecule has 11 nitrogen and oxygen atoms in total. The second-order valence-corrected chi connectivity index (χ2v) is 14.2. The van der Waals surface area contributed by atoms with Crippen molar-refractivity contribution in [1.82, 2.24) is 19.8 Å². The van der Waals surface area contributed by atoms with Crippen LogP contribution < -0.4 is 5.48 Å². The van der Waals surface area contributed by atoms with Gasteiger partial charge in [0.25, 0.3) is 5.91 Å². The molecule has 0 aliphatic carbocycles. The minimum absolute atomic E-state index is 0.0160. The average Bonchev–Trinajstić information content (AvgIpc) is 3.25. The Hall–Kier alpha value is -2.52. The number of nitrogens with zero attached hydrogens (tertiary/aromatic N) is 3. The number of amides is 2. The number of hydrogen-bond acceptors (Lipinski definition) is 8. The van der Waals surface area contributed by atoms with E-state index in [9.17, 15) is 27.1 Å². The maximum absolute atomic E-state index is 12.7. The molecule has 1 atom stereocenters. The molecular formula is C22H28N4O7S2. The zero-order valence-corrected chi connectivity index (χ0v) is 21.0. The second kappa shape index (κ2) is 9.17. The lowest BCUT2D eigenvalue weighted by atomic mass is 9.99. The third-order valence-electron chi connectivity index (χ3n) is 6.88. The second-order valence-electron chi connectivity index (χ2n) is 9.45. The lowest BCUT2D eigenvalue weighted by molar-refractivity contribution is -0.131. The molecule has 1 unspecified atom stereocenters. The summed E-state index contributed by atoms with van der Waals surface area (Å²) in [5, 5.41) is 8.93. The van der Waals surface area contributed by atoms with E-state index < -0.39 is 31.1 Å². The summed E-state index contributed by atoms with van der Waals surface area (Å²) in [6, 6.07) is 1.67. The van der Waals surface area contributed by atoms with Crippen LogP contribution in [0.15, 0.2) is 12.3 Å². The first kappa shape index (κ1) is 25.6. The molecule has 0 radical (unpaired) electrons. The van der Waals surface area contributed by atoms with Crippen molar-refractivity contribution in [3.05, 3.63) is 23.5 Å². The van der Waals surface area contributed by atoms with Crippen LogP contribution in [0.3, 0.4) is 0 Å². The molecule has 35 heavy (non-hydrogen) atoms. The molecule has 0 bridgehead atoms. The first-order chi connectivity index (χ1) is 16.3. The van der Waals surface area contributed by atoms with E-state index in [2.05, 4.69) is 28.6 Å². The molecule has 1 aromatic rings. The van der Waals surface area contributed by atoms with Crippen LogP contribution in [0, 0.1) is 29.6 Å². The zero-order chi connectivity index (χ0) is 25.6. The van der Waals surface area contributed by atoms with Crippen molar-refractivity contribution >= 4 is 32.4 Å². The van der Waals surface area contributed by atoms with Gasteiger partial charge in [0.05, 0.1) is 18.1 Å². The molecule has 1 aromatic heterocycles. The minimum Gasteiger partial charge on any atom is -0.318 e. The summed E-state index contributed by atoms with van der Waals surface area (Å²) in [6.45, 7) is 3.09. The lowest BCUT2D eigenvalue weighted by Gasteiger charge is -2.55. The Bertz CT molecular complexity index is 1270. The number of carbonyl (C=O) groups is 2. The molecule has 190 valence electrons. The van der Waals surface area contributed by atoms with Crippen LogP contribution in [0.25, 0.3) is 0 Å². The summed E-state index contributed by atoms with van der Waals surface area (Å²) in [6.07, 6.45) is 2.35. The monoisotopic (exact) mass is 524 g/mol. The van der Waals surface area contributed by atoms with E-state index in [1.807, 2.05) is 0 Å². The molecule has 3 aliphatic heterocycles. The van der Waals surface area contributed by atoms with Crippen molar-refractivity contribution in [3.63, 3.8) is 0 Å². The predicted octanol–water partition coefficient (Wildman–Crippen LogP) is 0.390. The SMILES string of the molecule is CC(CCN1Cc2cc(C#CC#CC3CN(C4CS(O)(O)C4)C3)cn2C1=O)(C(=O)NO)S(C)(=O)=O. The number of hydroxylamine groups is 1. The van der Waals surface area contributed by atoms with Gasteiger partial charge in [-0.1, -0.05) is 11.8 Å². The van der Waals surface area contributed by atoms with Crippen LogP contribution in [0.5, 0.6) is 0 Å². The molecule has 4 N–H and O–H groups in total. The molecule has 2 saturated heterocycles. The Morgan fingerprint density at radius 1 is 1.29 bits per heavy atom. The van der Waals surface area contributed by atoms with Crippen LogP contribution in [-0.2, 0) is 21.2 Å². The summed E-state index contributed by atoms with van der Waals surface area (Å²) in [5.74, 6) is 11.8. The van der Waals surface area contributed by atoms with E-state index in [1.54, 1.807) is 12.3 Å². The van der Waals surface area contributed by atoms with Crippen molar-refractivity contribution in [3.8, 4) is 23.7 Å². The number of nitrogens with one attached hydrogen (secondary N) is 1. The third kappa shape index (κ3) is 5.07. The highest BCUT2D eigenvalue weighted by Gasteiger charge is 2.44. The molecule has 4 rings (SSSR count). The lowest BCUT2D eigenvalue weighted by Crippen LogP contribution is -2.59. The zero-order valence-electron chi connectivity index (χ0n) is 19.4. The highest BCUT2D eigenvalue weighted by Crippen LogP contribution is 2.51. The summed E-state index contributed by atoms with van der Waals surface area (Å²) < 4.78 is 42.7. The van der Waals surface area contributed by atoms with Gasteiger partial charge in [-0.25, -0.2) is 18.7 Å². The largest absolute Gasteiger partial charge is 0.328 e. The van der Waals surface area contributed by atoms with Gasteiger partial charge in [0, 0.05) is 55.3 Å². The smallest absolute Gasteiger partial charge is 0.318 e. The maximum Gasteiger partial charge on any atom is 0.328 e. The quantitative estimate of drug-likeness (QED) is 0.237. The standard InChI is InChI=1S/C22H28N4O7S2/c1-22(20(27)23-29,34(2,30)31)7-8-24-13-18-9-16(12-26(18)21(24)28)5-3-4-6-17-10-25(11-17)19-14-35(32,33)15-19/h9,12,17,19,29,32-33H,7-8,10-11,13-15H2,1-2H3,(H,23,27). The number of carbonyl (C=O) groups excluding carboxylic acids is 2. The van der Waals surface area contributed by atoms with E-state index in [4.69, 9.17) is 5.21 Å². The molecule has 0 spiro atoms. The average molecular weight is 525 g/mol. The van der Waals surface area contributed by atoms with Crippen LogP contribution in [0.4, 0.5) is 4.79 Å². The Labute approximate surface area is 205 Å².